The minimum atomic E-state index is -0.0964. The van der Waals surface area contributed by atoms with Gasteiger partial charge in [-0.1, -0.05) is 81.0 Å². The van der Waals surface area contributed by atoms with Crippen LogP contribution in [0.4, 0.5) is 5.69 Å². The smallest absolute Gasteiger partial charge is 0.255 e. The molecule has 1 saturated carbocycles. The third-order valence-electron chi connectivity index (χ3n) is 6.00. The third-order valence-corrected chi connectivity index (χ3v) is 6.94. The Morgan fingerprint density at radius 3 is 2.13 bits per heavy atom. The molecule has 0 radical (unpaired) electrons. The average molecular weight is 431 g/mol. The summed E-state index contributed by atoms with van der Waals surface area (Å²) in [5.41, 5.74) is 3.83. The molecule has 1 N–H and O–H groups in total. The zero-order chi connectivity index (χ0) is 21.3. The summed E-state index contributed by atoms with van der Waals surface area (Å²) < 4.78 is 1.23. The number of carbonyl (C=O) groups excluding carboxylic acids is 1. The molecule has 0 bridgehead atoms. The monoisotopic (exact) mass is 430 g/mol. The van der Waals surface area contributed by atoms with Crippen LogP contribution in [-0.4, -0.2) is 10.9 Å². The van der Waals surface area contributed by atoms with E-state index in [0.29, 0.717) is 11.5 Å². The lowest BCUT2D eigenvalue weighted by molar-refractivity contribution is 0.102. The topological polar surface area (TPSA) is 42.0 Å². The zero-order valence-electron chi connectivity index (χ0n) is 17.9. The number of nitrogens with one attached hydrogen (secondary N) is 1. The van der Waals surface area contributed by atoms with Crippen molar-refractivity contribution in [3.63, 3.8) is 0 Å². The summed E-state index contributed by atoms with van der Waals surface area (Å²) in [6.07, 6.45) is 12.0. The molecule has 0 aliphatic heterocycles. The van der Waals surface area contributed by atoms with Crippen LogP contribution in [0.25, 0.3) is 10.2 Å². The molecule has 4 heteroatoms. The van der Waals surface area contributed by atoms with Crippen LogP contribution in [0.15, 0.2) is 72.2 Å². The average Bonchev–Trinajstić information content (AvgIpc) is 3.30. The molecule has 160 valence electrons. The minimum absolute atomic E-state index is 0.0964. The molecule has 1 fully saturated rings. The molecule has 2 heterocycles. The van der Waals surface area contributed by atoms with Crippen LogP contribution in [0.5, 0.6) is 0 Å². The maximum Gasteiger partial charge on any atom is 0.255 e. The Hall–Kier alpha value is -2.72. The summed E-state index contributed by atoms with van der Waals surface area (Å²) in [4.78, 5) is 17.8. The van der Waals surface area contributed by atoms with Gasteiger partial charge in [0.15, 0.2) is 0 Å². The van der Waals surface area contributed by atoms with Crippen molar-refractivity contribution in [1.82, 2.24) is 4.98 Å². The van der Waals surface area contributed by atoms with Gasteiger partial charge in [0.2, 0.25) is 0 Å². The molecule has 0 unspecified atom stereocenters. The number of thiophene rings is 1. The Kier molecular flexibility index (Phi) is 7.67. The van der Waals surface area contributed by atoms with Crippen LogP contribution in [-0.2, 0) is 0 Å². The van der Waals surface area contributed by atoms with Crippen LogP contribution in [0, 0.1) is 0 Å². The summed E-state index contributed by atoms with van der Waals surface area (Å²) in [5, 5.41) is 5.32. The SMILES string of the molecule is O=C(Nc1cnc2ccsc2c1C1CCCCCCCC1)c1ccccccccc1. The molecule has 0 saturated heterocycles. The fourth-order valence-electron chi connectivity index (χ4n) is 4.40. The van der Waals surface area contributed by atoms with E-state index in [4.69, 9.17) is 0 Å². The van der Waals surface area contributed by atoms with Gasteiger partial charge in [0.25, 0.3) is 5.91 Å². The normalized spacial score (nSPS) is 15.4. The lowest BCUT2D eigenvalue weighted by Gasteiger charge is -2.21. The minimum Gasteiger partial charge on any atom is -0.320 e. The maximum atomic E-state index is 13.2. The number of aromatic nitrogens is 1. The molecule has 0 spiro atoms. The van der Waals surface area contributed by atoms with Crippen molar-refractivity contribution in [1.29, 1.82) is 0 Å². The number of amides is 1. The molecule has 31 heavy (non-hydrogen) atoms. The standard InChI is InChI=1S/C27H30N2OS/c30-27(22-16-12-8-2-1-3-9-13-17-22)29-24-20-28-23-18-19-31-26(23)25(24)21-14-10-6-4-5-7-11-15-21/h1-3,8-9,12-13,16-21H,4-7,10-11,14-15H2,(H,29,30). The molecule has 1 aliphatic rings. The van der Waals surface area contributed by atoms with Gasteiger partial charge in [-0.25, -0.2) is 0 Å². The largest absolute Gasteiger partial charge is 0.320 e. The van der Waals surface area contributed by atoms with Crippen molar-refractivity contribution in [2.24, 2.45) is 0 Å². The summed E-state index contributed by atoms with van der Waals surface area (Å²) in [6, 6.07) is 19.3. The van der Waals surface area contributed by atoms with E-state index in [2.05, 4.69) is 21.7 Å². The quantitative estimate of drug-likeness (QED) is 0.459. The first-order chi connectivity index (χ1) is 15.3. The number of hydrogen-bond donors (Lipinski definition) is 1. The Labute approximate surface area is 188 Å². The molecule has 3 nitrogen and oxygen atoms in total. The highest BCUT2D eigenvalue weighted by atomic mass is 32.1. The van der Waals surface area contributed by atoms with Crippen molar-refractivity contribution in [3.05, 3.63) is 83.4 Å². The van der Waals surface area contributed by atoms with Crippen molar-refractivity contribution >= 4 is 33.1 Å². The van der Waals surface area contributed by atoms with E-state index in [1.165, 1.54) is 61.6 Å². The van der Waals surface area contributed by atoms with Crippen molar-refractivity contribution < 1.29 is 4.79 Å². The van der Waals surface area contributed by atoms with Gasteiger partial charge >= 0.3 is 0 Å². The van der Waals surface area contributed by atoms with Gasteiger partial charge in [-0.15, -0.1) is 11.3 Å². The fourth-order valence-corrected chi connectivity index (χ4v) is 5.38. The Balaban J connectivity index is 1.69. The summed E-state index contributed by atoms with van der Waals surface area (Å²) in [5.74, 6) is 0.375. The van der Waals surface area contributed by atoms with Crippen molar-refractivity contribution in [3.8, 4) is 0 Å². The highest BCUT2D eigenvalue weighted by Crippen LogP contribution is 2.40. The molecule has 3 aromatic rings. The first kappa shape index (κ1) is 21.5. The van der Waals surface area contributed by atoms with Gasteiger partial charge in [-0.2, -0.15) is 0 Å². The number of pyridine rings is 1. The number of anilines is 1. The van der Waals surface area contributed by atoms with Gasteiger partial charge in [0, 0.05) is 5.56 Å². The molecule has 1 aliphatic carbocycles. The maximum absolute atomic E-state index is 13.2. The Morgan fingerprint density at radius 2 is 1.45 bits per heavy atom. The lowest BCUT2D eigenvalue weighted by atomic mass is 9.88. The summed E-state index contributed by atoms with van der Waals surface area (Å²) >= 11 is 1.74. The predicted octanol–water partition coefficient (Wildman–Crippen LogP) is 7.89. The predicted molar refractivity (Wildman–Crippen MR) is 131 cm³/mol. The molecule has 1 amide bonds. The number of fused-ring (bicyclic) bond motifs is 1. The Morgan fingerprint density at radius 1 is 0.839 bits per heavy atom. The van der Waals surface area contributed by atoms with E-state index in [1.807, 2.05) is 60.8 Å². The first-order valence-electron chi connectivity index (χ1n) is 11.4. The van der Waals surface area contributed by atoms with Crippen LogP contribution < -0.4 is 5.32 Å². The summed E-state index contributed by atoms with van der Waals surface area (Å²) in [7, 11) is 0. The highest BCUT2D eigenvalue weighted by molar-refractivity contribution is 7.17. The van der Waals surface area contributed by atoms with E-state index in [9.17, 15) is 4.79 Å². The van der Waals surface area contributed by atoms with E-state index in [-0.39, 0.29) is 5.91 Å². The molecule has 4 rings (SSSR count). The molecular formula is C27H30N2OS. The third kappa shape index (κ3) is 5.71. The summed E-state index contributed by atoms with van der Waals surface area (Å²) in [6.45, 7) is 0. The van der Waals surface area contributed by atoms with Crippen LogP contribution in [0.1, 0.15) is 73.2 Å². The second-order valence-electron chi connectivity index (χ2n) is 8.21. The van der Waals surface area contributed by atoms with Crippen molar-refractivity contribution in [2.45, 2.75) is 57.3 Å². The number of rotatable bonds is 3. The van der Waals surface area contributed by atoms with Crippen LogP contribution in [0.3, 0.4) is 0 Å². The lowest BCUT2D eigenvalue weighted by Crippen LogP contribution is -2.15. The van der Waals surface area contributed by atoms with Gasteiger partial charge in [-0.3, -0.25) is 9.78 Å². The highest BCUT2D eigenvalue weighted by Gasteiger charge is 2.22. The molecule has 2 aromatic heterocycles. The van der Waals surface area contributed by atoms with Gasteiger partial charge < -0.3 is 5.32 Å². The molecular weight excluding hydrogens is 400 g/mol. The number of hydrogen-bond acceptors (Lipinski definition) is 3. The first-order valence-corrected chi connectivity index (χ1v) is 12.3. The van der Waals surface area contributed by atoms with Gasteiger partial charge in [-0.05, 0) is 47.9 Å². The van der Waals surface area contributed by atoms with Crippen LogP contribution >= 0.6 is 11.3 Å². The number of carbonyl (C=O) groups is 1. The van der Waals surface area contributed by atoms with E-state index in [0.717, 1.165) is 11.2 Å². The molecule has 0 atom stereocenters. The van der Waals surface area contributed by atoms with E-state index >= 15 is 0 Å². The second kappa shape index (κ2) is 11.1. The van der Waals surface area contributed by atoms with Crippen molar-refractivity contribution in [2.75, 3.05) is 5.32 Å². The van der Waals surface area contributed by atoms with Crippen LogP contribution in [0.2, 0.25) is 0 Å². The Bertz CT molecular complexity index is 1040. The molecule has 1 aromatic carbocycles. The van der Waals surface area contributed by atoms with Gasteiger partial charge in [0.1, 0.15) is 0 Å². The zero-order valence-corrected chi connectivity index (χ0v) is 18.7. The van der Waals surface area contributed by atoms with Gasteiger partial charge in [0.05, 0.1) is 22.1 Å². The van der Waals surface area contributed by atoms with E-state index in [1.54, 1.807) is 11.3 Å². The van der Waals surface area contributed by atoms with E-state index < -0.39 is 0 Å². The fraction of sp³-hybridized carbons (Fsp3) is 0.333. The second-order valence-corrected chi connectivity index (χ2v) is 9.12. The number of nitrogens with zero attached hydrogens (tertiary/aromatic N) is 1.